The first-order valence-electron chi connectivity index (χ1n) is 15.5. The summed E-state index contributed by atoms with van der Waals surface area (Å²) in [5, 5.41) is 5.90. The van der Waals surface area contributed by atoms with Gasteiger partial charge < -0.3 is 8.80 Å². The van der Waals surface area contributed by atoms with E-state index in [0.717, 1.165) is 49.5 Å². The highest BCUT2D eigenvalue weighted by Crippen LogP contribution is 2.41. The van der Waals surface area contributed by atoms with Gasteiger partial charge in [0.1, 0.15) is 0 Å². The van der Waals surface area contributed by atoms with E-state index in [4.69, 9.17) is 15.0 Å². The molecule has 0 amide bonds. The zero-order valence-corrected chi connectivity index (χ0v) is 24.7. The molecule has 4 aromatic heterocycles. The maximum atomic E-state index is 5.15. The third kappa shape index (κ3) is 3.54. The molecule has 46 heavy (non-hydrogen) atoms. The summed E-state index contributed by atoms with van der Waals surface area (Å²) < 4.78 is 4.78. The molecule has 0 N–H and O–H groups in total. The maximum absolute atomic E-state index is 5.15. The maximum Gasteiger partial charge on any atom is 0.164 e. The first-order valence-corrected chi connectivity index (χ1v) is 15.5. The zero-order chi connectivity index (χ0) is 30.2. The van der Waals surface area contributed by atoms with Crippen molar-refractivity contribution >= 4 is 54.5 Å². The van der Waals surface area contributed by atoms with Gasteiger partial charge in [0, 0.05) is 49.8 Å². The van der Waals surface area contributed by atoms with Crippen molar-refractivity contribution in [1.29, 1.82) is 0 Å². The Morgan fingerprint density at radius 3 is 1.70 bits per heavy atom. The first kappa shape index (κ1) is 25.0. The highest BCUT2D eigenvalue weighted by molar-refractivity contribution is 6.22. The van der Waals surface area contributed by atoms with Crippen LogP contribution in [0.1, 0.15) is 0 Å². The van der Waals surface area contributed by atoms with Crippen LogP contribution in [-0.4, -0.2) is 23.8 Å². The Hall–Kier alpha value is -6.33. The van der Waals surface area contributed by atoms with E-state index in [9.17, 15) is 0 Å². The fourth-order valence-electron chi connectivity index (χ4n) is 7.15. The molecule has 0 aliphatic rings. The molecule has 0 aliphatic heterocycles. The van der Waals surface area contributed by atoms with Crippen LogP contribution in [0.15, 0.2) is 152 Å². The van der Waals surface area contributed by atoms with E-state index >= 15 is 0 Å². The molecule has 0 fully saturated rings. The largest absolute Gasteiger partial charge is 0.314 e. The van der Waals surface area contributed by atoms with Gasteiger partial charge in [-0.25, -0.2) is 15.0 Å². The molecule has 214 valence electrons. The molecule has 5 nitrogen and oxygen atoms in total. The van der Waals surface area contributed by atoms with Gasteiger partial charge in [0.05, 0.1) is 27.6 Å². The number of benzene rings is 6. The Morgan fingerprint density at radius 2 is 0.978 bits per heavy atom. The van der Waals surface area contributed by atoms with Gasteiger partial charge in [0.25, 0.3) is 0 Å². The number of rotatable bonds is 3. The second kappa shape index (κ2) is 9.58. The molecule has 0 atom stereocenters. The first-order chi connectivity index (χ1) is 22.8. The van der Waals surface area contributed by atoms with Crippen LogP contribution >= 0.6 is 0 Å². The highest BCUT2D eigenvalue weighted by Gasteiger charge is 2.21. The lowest BCUT2D eigenvalue weighted by Crippen LogP contribution is -2.01. The predicted molar refractivity (Wildman–Crippen MR) is 188 cm³/mol. The number of fused-ring (bicyclic) bond motifs is 7. The summed E-state index contributed by atoms with van der Waals surface area (Å²) in [5.41, 5.74) is 8.62. The van der Waals surface area contributed by atoms with Gasteiger partial charge >= 0.3 is 0 Å². The van der Waals surface area contributed by atoms with Gasteiger partial charge in [-0.15, -0.1) is 0 Å². The van der Waals surface area contributed by atoms with Gasteiger partial charge in [-0.3, -0.25) is 0 Å². The lowest BCUT2D eigenvalue weighted by atomic mass is 10.0. The van der Waals surface area contributed by atoms with E-state index in [2.05, 4.69) is 124 Å². The number of nitrogens with zero attached hydrogens (tertiary/aromatic N) is 5. The number of hydrogen-bond acceptors (Lipinski definition) is 3. The molecule has 4 heterocycles. The van der Waals surface area contributed by atoms with E-state index in [1.165, 1.54) is 21.7 Å². The van der Waals surface area contributed by atoms with Gasteiger partial charge in [-0.2, -0.15) is 0 Å². The minimum absolute atomic E-state index is 0.649. The second-order valence-electron chi connectivity index (χ2n) is 11.7. The Balaban J connectivity index is 1.42. The molecule has 0 bridgehead atoms. The summed E-state index contributed by atoms with van der Waals surface area (Å²) in [7, 11) is 0. The molecule has 0 radical (unpaired) electrons. The Labute approximate surface area is 263 Å². The van der Waals surface area contributed by atoms with E-state index in [0.29, 0.717) is 17.5 Å². The van der Waals surface area contributed by atoms with Crippen molar-refractivity contribution in [3.63, 3.8) is 0 Å². The molecular formula is C41H25N5. The van der Waals surface area contributed by atoms with Crippen LogP contribution in [0.25, 0.3) is 88.7 Å². The van der Waals surface area contributed by atoms with E-state index in [1.807, 2.05) is 36.4 Å². The van der Waals surface area contributed by atoms with Crippen molar-refractivity contribution < 1.29 is 0 Å². The van der Waals surface area contributed by atoms with E-state index in [-0.39, 0.29) is 0 Å². The van der Waals surface area contributed by atoms with Crippen LogP contribution in [-0.2, 0) is 0 Å². The topological polar surface area (TPSA) is 47.5 Å². The van der Waals surface area contributed by atoms with Gasteiger partial charge in [-0.05, 0) is 30.3 Å². The average Bonchev–Trinajstić information content (AvgIpc) is 3.71. The lowest BCUT2D eigenvalue weighted by molar-refractivity contribution is 1.08. The van der Waals surface area contributed by atoms with Crippen molar-refractivity contribution in [2.24, 2.45) is 0 Å². The average molecular weight is 588 g/mol. The van der Waals surface area contributed by atoms with Gasteiger partial charge in [0.15, 0.2) is 17.5 Å². The van der Waals surface area contributed by atoms with Crippen molar-refractivity contribution in [2.75, 3.05) is 0 Å². The second-order valence-corrected chi connectivity index (χ2v) is 11.7. The quantitative estimate of drug-likeness (QED) is 0.207. The van der Waals surface area contributed by atoms with E-state index < -0.39 is 0 Å². The minimum Gasteiger partial charge on any atom is -0.314 e. The molecule has 0 saturated carbocycles. The summed E-state index contributed by atoms with van der Waals surface area (Å²) >= 11 is 0. The SMILES string of the molecule is c1ccc(-c2nc(-c3ccccc3)nc(-c3ccc4c5c3c3ccccc3n5c3ccccc3c3cccc5ccn4c53)n2)cc1. The van der Waals surface area contributed by atoms with Crippen LogP contribution in [0.4, 0.5) is 0 Å². The molecule has 5 heteroatoms. The molecule has 0 spiro atoms. The minimum atomic E-state index is 0.649. The predicted octanol–water partition coefficient (Wildman–Crippen LogP) is 9.99. The summed E-state index contributed by atoms with van der Waals surface area (Å²) in [6.45, 7) is 0. The van der Waals surface area contributed by atoms with Crippen molar-refractivity contribution in [1.82, 2.24) is 23.8 Å². The molecular weight excluding hydrogens is 562 g/mol. The van der Waals surface area contributed by atoms with E-state index in [1.54, 1.807) is 0 Å². The fraction of sp³-hybridized carbons (Fsp3) is 0. The van der Waals surface area contributed by atoms with Crippen LogP contribution in [0, 0.1) is 0 Å². The summed E-state index contributed by atoms with van der Waals surface area (Å²) in [6.07, 6.45) is 2.20. The smallest absolute Gasteiger partial charge is 0.164 e. The number of aromatic nitrogens is 5. The van der Waals surface area contributed by atoms with Crippen molar-refractivity contribution in [2.45, 2.75) is 0 Å². The molecule has 10 rings (SSSR count). The summed E-state index contributed by atoms with van der Waals surface area (Å²) in [6, 6.07) is 51.0. The summed E-state index contributed by atoms with van der Waals surface area (Å²) in [4.78, 5) is 15.3. The monoisotopic (exact) mass is 587 g/mol. The van der Waals surface area contributed by atoms with Gasteiger partial charge in [-0.1, -0.05) is 115 Å². The molecule has 0 saturated heterocycles. The Morgan fingerprint density at radius 1 is 0.391 bits per heavy atom. The third-order valence-corrected chi connectivity index (χ3v) is 9.14. The zero-order valence-electron chi connectivity index (χ0n) is 24.7. The number of hydrogen-bond donors (Lipinski definition) is 0. The Kier molecular flexibility index (Phi) is 5.22. The molecule has 6 aromatic carbocycles. The molecule has 10 aromatic rings. The molecule has 0 aliphatic carbocycles. The van der Waals surface area contributed by atoms with Crippen molar-refractivity contribution in [3.8, 4) is 34.2 Å². The normalized spacial score (nSPS) is 11.9. The van der Waals surface area contributed by atoms with Crippen LogP contribution in [0.2, 0.25) is 0 Å². The third-order valence-electron chi connectivity index (χ3n) is 9.14. The molecule has 0 unspecified atom stereocenters. The van der Waals surface area contributed by atoms with Crippen LogP contribution in [0.3, 0.4) is 0 Å². The van der Waals surface area contributed by atoms with Gasteiger partial charge in [0.2, 0.25) is 0 Å². The standard InChI is InChI=1S/C41H25N5/c1-3-12-27(13-4-1)39-42-40(28-14-5-2-6-15-28)44-41(43-39)32-22-23-35-38-36(32)31-18-8-10-21-34(31)46(38)33-20-9-7-17-29(33)30-19-11-16-26-24-25-45(35)37(26)30/h1-25H. The lowest BCUT2D eigenvalue weighted by Gasteiger charge is -2.12. The van der Waals surface area contributed by atoms with Crippen LogP contribution < -0.4 is 0 Å². The highest BCUT2D eigenvalue weighted by atomic mass is 15.0. The van der Waals surface area contributed by atoms with Crippen molar-refractivity contribution in [3.05, 3.63) is 152 Å². The number of para-hydroxylation sites is 3. The Bertz CT molecular complexity index is 2740. The van der Waals surface area contributed by atoms with Crippen LogP contribution in [0.5, 0.6) is 0 Å². The summed E-state index contributed by atoms with van der Waals surface area (Å²) in [5.74, 6) is 1.95. The fourth-order valence-corrected chi connectivity index (χ4v) is 7.15.